The second kappa shape index (κ2) is 5.23. The zero-order valence-electron chi connectivity index (χ0n) is 9.16. The Morgan fingerprint density at radius 1 is 1.61 bits per heavy atom. The van der Waals surface area contributed by atoms with Crippen molar-refractivity contribution in [2.24, 2.45) is 0 Å². The number of halogens is 1. The minimum absolute atomic E-state index is 0.00770. The van der Waals surface area contributed by atoms with E-state index < -0.39 is 4.92 Å². The van der Waals surface area contributed by atoms with Gasteiger partial charge < -0.3 is 4.74 Å². The van der Waals surface area contributed by atoms with E-state index in [-0.39, 0.29) is 18.2 Å². The summed E-state index contributed by atoms with van der Waals surface area (Å²) in [4.78, 5) is 14.2. The Kier molecular flexibility index (Phi) is 3.68. The van der Waals surface area contributed by atoms with Crippen LogP contribution < -0.4 is 4.74 Å². The maximum Gasteiger partial charge on any atom is 0.331 e. The summed E-state index contributed by atoms with van der Waals surface area (Å²) in [6.07, 6.45) is 1.49. The van der Waals surface area contributed by atoms with Crippen molar-refractivity contribution in [2.45, 2.75) is 13.5 Å². The van der Waals surface area contributed by atoms with Gasteiger partial charge in [0.15, 0.2) is 0 Å². The molecule has 18 heavy (non-hydrogen) atoms. The van der Waals surface area contributed by atoms with Gasteiger partial charge in [-0.05, 0) is 12.5 Å². The van der Waals surface area contributed by atoms with Crippen LogP contribution in [0.25, 0.3) is 0 Å². The number of hydrogen-bond acceptors (Lipinski definition) is 7. The number of aromatic nitrogens is 3. The third kappa shape index (κ3) is 2.71. The molecule has 0 N–H and O–H groups in total. The molecule has 2 aromatic rings. The molecule has 0 aromatic carbocycles. The van der Waals surface area contributed by atoms with Crippen LogP contribution in [0.5, 0.6) is 5.88 Å². The van der Waals surface area contributed by atoms with Gasteiger partial charge in [-0.1, -0.05) is 16.1 Å². The normalized spacial score (nSPS) is 10.3. The fourth-order valence-electron chi connectivity index (χ4n) is 1.20. The molecule has 0 unspecified atom stereocenters. The molecule has 0 aliphatic heterocycles. The Morgan fingerprint density at radius 2 is 2.39 bits per heavy atom. The van der Waals surface area contributed by atoms with E-state index in [2.05, 4.69) is 14.6 Å². The topological polar surface area (TPSA) is 91.0 Å². The Morgan fingerprint density at radius 3 is 3.00 bits per heavy atom. The number of hydrogen-bond donors (Lipinski definition) is 0. The van der Waals surface area contributed by atoms with Crippen LogP contribution in [0.3, 0.4) is 0 Å². The summed E-state index contributed by atoms with van der Waals surface area (Å²) < 4.78 is 9.27. The maximum atomic E-state index is 10.8. The molecule has 0 atom stereocenters. The van der Waals surface area contributed by atoms with Crippen molar-refractivity contribution in [1.29, 1.82) is 0 Å². The van der Waals surface area contributed by atoms with Crippen LogP contribution in [0.15, 0.2) is 12.3 Å². The van der Waals surface area contributed by atoms with Gasteiger partial charge in [0, 0.05) is 23.8 Å². The summed E-state index contributed by atoms with van der Waals surface area (Å²) in [5, 5.41) is 14.6. The lowest BCUT2D eigenvalue weighted by molar-refractivity contribution is -0.386. The van der Waals surface area contributed by atoms with E-state index in [4.69, 9.17) is 16.3 Å². The second-order valence-electron chi connectivity index (χ2n) is 3.38. The van der Waals surface area contributed by atoms with Crippen molar-refractivity contribution >= 4 is 28.8 Å². The minimum Gasteiger partial charge on any atom is -0.466 e. The number of nitro groups is 1. The van der Waals surface area contributed by atoms with Crippen LogP contribution in [0.2, 0.25) is 4.34 Å². The summed E-state index contributed by atoms with van der Waals surface area (Å²) in [6, 6.07) is 1.39. The Labute approximate surface area is 111 Å². The van der Waals surface area contributed by atoms with E-state index in [0.717, 1.165) is 11.5 Å². The average molecular weight is 287 g/mol. The summed E-state index contributed by atoms with van der Waals surface area (Å²) in [7, 11) is 0. The van der Waals surface area contributed by atoms with Gasteiger partial charge in [0.25, 0.3) is 5.88 Å². The highest BCUT2D eigenvalue weighted by Crippen LogP contribution is 2.26. The zero-order valence-corrected chi connectivity index (χ0v) is 10.7. The molecule has 94 valence electrons. The first-order valence-electron chi connectivity index (χ1n) is 4.78. The molecule has 0 aliphatic rings. The molecule has 2 heterocycles. The quantitative estimate of drug-likeness (QED) is 0.633. The molecule has 7 nitrogen and oxygen atoms in total. The molecule has 0 bridgehead atoms. The highest BCUT2D eigenvalue weighted by Gasteiger charge is 2.18. The number of nitrogens with zero attached hydrogens (tertiary/aromatic N) is 4. The van der Waals surface area contributed by atoms with E-state index in [1.54, 1.807) is 6.92 Å². The van der Waals surface area contributed by atoms with Crippen LogP contribution in [-0.4, -0.2) is 19.5 Å². The van der Waals surface area contributed by atoms with Crippen LogP contribution in [0, 0.1) is 17.0 Å². The largest absolute Gasteiger partial charge is 0.466 e. The van der Waals surface area contributed by atoms with Gasteiger partial charge in [0.2, 0.25) is 0 Å². The molecule has 2 aromatic heterocycles. The molecular formula is C9H7ClN4O3S. The fraction of sp³-hybridized carbons (Fsp3) is 0.222. The zero-order chi connectivity index (χ0) is 13.1. The number of aryl methyl sites for hydroxylation is 1. The molecular weight excluding hydrogens is 280 g/mol. The second-order valence-corrected chi connectivity index (χ2v) is 4.73. The lowest BCUT2D eigenvalue weighted by atomic mass is 10.3. The van der Waals surface area contributed by atoms with Crippen LogP contribution in [-0.2, 0) is 6.61 Å². The number of pyridine rings is 1. The van der Waals surface area contributed by atoms with Gasteiger partial charge in [-0.15, -0.1) is 5.10 Å². The Hall–Kier alpha value is -1.80. The number of rotatable bonds is 4. The molecule has 0 spiro atoms. The maximum absolute atomic E-state index is 10.8. The molecule has 2 rings (SSSR count). The van der Waals surface area contributed by atoms with E-state index >= 15 is 0 Å². The van der Waals surface area contributed by atoms with E-state index in [1.807, 2.05) is 0 Å². The van der Waals surface area contributed by atoms with Crippen molar-refractivity contribution in [2.75, 3.05) is 0 Å². The van der Waals surface area contributed by atoms with Crippen LogP contribution >= 0.6 is 23.1 Å². The van der Waals surface area contributed by atoms with Crippen molar-refractivity contribution in [3.05, 3.63) is 38.0 Å². The highest BCUT2D eigenvalue weighted by molar-refractivity contribution is 7.10. The van der Waals surface area contributed by atoms with Crippen LogP contribution in [0.4, 0.5) is 5.69 Å². The van der Waals surface area contributed by atoms with Crippen molar-refractivity contribution in [3.8, 4) is 5.88 Å². The van der Waals surface area contributed by atoms with Crippen LogP contribution in [0.1, 0.15) is 11.3 Å². The number of ether oxygens (including phenoxy) is 1. The lowest BCUT2D eigenvalue weighted by Gasteiger charge is -2.04. The Bertz CT molecular complexity index is 589. The van der Waals surface area contributed by atoms with Gasteiger partial charge in [0.05, 0.1) is 4.92 Å². The van der Waals surface area contributed by atoms with Gasteiger partial charge in [-0.2, -0.15) is 0 Å². The smallest absolute Gasteiger partial charge is 0.331 e. The fourth-order valence-corrected chi connectivity index (χ4v) is 1.80. The molecule has 0 amide bonds. The molecule has 0 saturated heterocycles. The van der Waals surface area contributed by atoms with Gasteiger partial charge >= 0.3 is 5.69 Å². The first-order valence-corrected chi connectivity index (χ1v) is 5.93. The molecule has 0 fully saturated rings. The first-order chi connectivity index (χ1) is 8.58. The van der Waals surface area contributed by atoms with Crippen molar-refractivity contribution < 1.29 is 9.66 Å². The lowest BCUT2D eigenvalue weighted by Crippen LogP contribution is -2.02. The third-order valence-electron chi connectivity index (χ3n) is 2.02. The highest BCUT2D eigenvalue weighted by atomic mass is 35.5. The summed E-state index contributed by atoms with van der Waals surface area (Å²) in [6.45, 7) is 1.71. The summed E-state index contributed by atoms with van der Waals surface area (Å²) in [5.74, 6) is -0.0605. The molecule has 9 heteroatoms. The summed E-state index contributed by atoms with van der Waals surface area (Å²) in [5.41, 5.74) is 0.926. The Balaban J connectivity index is 2.19. The monoisotopic (exact) mass is 286 g/mol. The van der Waals surface area contributed by atoms with E-state index in [1.165, 1.54) is 12.3 Å². The van der Waals surface area contributed by atoms with Gasteiger partial charge in [-0.3, -0.25) is 10.1 Å². The minimum atomic E-state index is -0.545. The average Bonchev–Trinajstić information content (AvgIpc) is 2.73. The van der Waals surface area contributed by atoms with E-state index in [0.29, 0.717) is 15.6 Å². The van der Waals surface area contributed by atoms with E-state index in [9.17, 15) is 10.1 Å². The molecule has 0 radical (unpaired) electrons. The predicted molar refractivity (Wildman–Crippen MR) is 64.9 cm³/mol. The van der Waals surface area contributed by atoms with Gasteiger partial charge in [0.1, 0.15) is 16.6 Å². The third-order valence-corrected chi connectivity index (χ3v) is 3.01. The standard InChI is InChI=1S/C9H7ClN4O3S/c1-5-2-7(14(15)16)9(11-3-5)17-4-6-8(10)18-13-12-6/h2-3H,4H2,1H3. The van der Waals surface area contributed by atoms with Gasteiger partial charge in [-0.25, -0.2) is 4.98 Å². The predicted octanol–water partition coefficient (Wildman–Crippen LogP) is 2.38. The van der Waals surface area contributed by atoms with Crippen molar-refractivity contribution in [1.82, 2.24) is 14.6 Å². The SMILES string of the molecule is Cc1cnc(OCc2nnsc2Cl)c([N+](=O)[O-])c1. The van der Waals surface area contributed by atoms with Crippen molar-refractivity contribution in [3.63, 3.8) is 0 Å². The molecule has 0 aliphatic carbocycles. The summed E-state index contributed by atoms with van der Waals surface area (Å²) >= 11 is 6.82. The first kappa shape index (κ1) is 12.7. The molecule has 0 saturated carbocycles.